The van der Waals surface area contributed by atoms with E-state index in [1.165, 1.54) is 24.0 Å². The van der Waals surface area contributed by atoms with Crippen LogP contribution >= 0.6 is 0 Å². The Labute approximate surface area is 203 Å². The lowest BCUT2D eigenvalue weighted by Crippen LogP contribution is -2.46. The number of benzene rings is 2. The van der Waals surface area contributed by atoms with Crippen molar-refractivity contribution in [2.24, 2.45) is 0 Å². The highest BCUT2D eigenvalue weighted by Crippen LogP contribution is 2.25. The van der Waals surface area contributed by atoms with Gasteiger partial charge in [-0.05, 0) is 50.1 Å². The molecule has 1 saturated heterocycles. The Hall–Kier alpha value is -3.53. The predicted octanol–water partition coefficient (Wildman–Crippen LogP) is 2.06. The van der Waals surface area contributed by atoms with Crippen molar-refractivity contribution in [2.45, 2.75) is 39.0 Å². The molecule has 2 aliphatic rings. The quantitative estimate of drug-likeness (QED) is 0.424. The molecule has 0 spiro atoms. The van der Waals surface area contributed by atoms with Crippen LogP contribution in [-0.4, -0.2) is 72.1 Å². The van der Waals surface area contributed by atoms with Crippen LogP contribution in [0, 0.1) is 0 Å². The van der Waals surface area contributed by atoms with Gasteiger partial charge in [-0.15, -0.1) is 0 Å². The predicted molar refractivity (Wildman–Crippen MR) is 126 cm³/mol. The number of hydrogen-bond donors (Lipinski definition) is 0. The fourth-order valence-electron chi connectivity index (χ4n) is 4.49. The minimum Gasteiger partial charge on any atom is -0.449 e. The number of sulfone groups is 1. The number of carbonyl (C=O) groups is 4. The molecule has 2 aliphatic heterocycles. The smallest absolute Gasteiger partial charge is 0.338 e. The first-order chi connectivity index (χ1) is 16.6. The van der Waals surface area contributed by atoms with Crippen LogP contribution < -0.4 is 0 Å². The first-order valence-electron chi connectivity index (χ1n) is 11.4. The summed E-state index contributed by atoms with van der Waals surface area (Å²) in [4.78, 5) is 53.5. The van der Waals surface area contributed by atoms with Gasteiger partial charge in [-0.2, -0.15) is 0 Å². The van der Waals surface area contributed by atoms with Gasteiger partial charge in [0.2, 0.25) is 0 Å². The van der Waals surface area contributed by atoms with Gasteiger partial charge in [0.25, 0.3) is 17.7 Å². The molecule has 0 aromatic heterocycles. The molecule has 1 fully saturated rings. The van der Waals surface area contributed by atoms with Crippen LogP contribution in [0.15, 0.2) is 48.5 Å². The highest BCUT2D eigenvalue weighted by molar-refractivity contribution is 7.91. The summed E-state index contributed by atoms with van der Waals surface area (Å²) in [6.45, 7) is 3.49. The van der Waals surface area contributed by atoms with E-state index in [1.54, 1.807) is 43.3 Å². The highest BCUT2D eigenvalue weighted by atomic mass is 32.2. The van der Waals surface area contributed by atoms with Crippen LogP contribution in [-0.2, 0) is 25.9 Å². The molecule has 0 N–H and O–H groups in total. The SMILES string of the molecule is CCN(C(=O)[C@H](C)OC(=O)c1cccc(CN2C(=O)c3ccccc3C2=O)c1)[C@H]1CCS(=O)(=O)C1. The Bertz CT molecular complexity index is 1270. The van der Waals surface area contributed by atoms with Crippen molar-refractivity contribution in [3.8, 4) is 0 Å². The molecule has 2 heterocycles. The highest BCUT2D eigenvalue weighted by Gasteiger charge is 2.37. The van der Waals surface area contributed by atoms with Gasteiger partial charge in [0.05, 0.1) is 34.7 Å². The zero-order chi connectivity index (χ0) is 25.3. The molecule has 0 unspecified atom stereocenters. The number of rotatable bonds is 7. The van der Waals surface area contributed by atoms with E-state index in [1.807, 2.05) is 0 Å². The number of nitrogens with zero attached hydrogens (tertiary/aromatic N) is 2. The fourth-order valence-corrected chi connectivity index (χ4v) is 6.22. The number of fused-ring (bicyclic) bond motifs is 1. The number of amides is 3. The van der Waals surface area contributed by atoms with Gasteiger partial charge >= 0.3 is 5.97 Å². The van der Waals surface area contributed by atoms with Gasteiger partial charge in [0.1, 0.15) is 0 Å². The van der Waals surface area contributed by atoms with Crippen LogP contribution in [0.2, 0.25) is 0 Å². The van der Waals surface area contributed by atoms with E-state index >= 15 is 0 Å². The van der Waals surface area contributed by atoms with Crippen LogP contribution in [0.25, 0.3) is 0 Å². The molecule has 0 radical (unpaired) electrons. The second kappa shape index (κ2) is 9.61. The van der Waals surface area contributed by atoms with Crippen molar-refractivity contribution < 1.29 is 32.3 Å². The van der Waals surface area contributed by atoms with Gasteiger partial charge in [-0.3, -0.25) is 19.3 Å². The lowest BCUT2D eigenvalue weighted by atomic mass is 10.1. The van der Waals surface area contributed by atoms with E-state index in [9.17, 15) is 27.6 Å². The van der Waals surface area contributed by atoms with Crippen molar-refractivity contribution in [1.82, 2.24) is 9.80 Å². The zero-order valence-electron chi connectivity index (χ0n) is 19.5. The second-order valence-electron chi connectivity index (χ2n) is 8.67. The summed E-state index contributed by atoms with van der Waals surface area (Å²) in [5, 5.41) is 0. The molecule has 3 amide bonds. The third kappa shape index (κ3) is 4.97. The summed E-state index contributed by atoms with van der Waals surface area (Å²) in [7, 11) is -3.17. The van der Waals surface area contributed by atoms with Crippen molar-refractivity contribution >= 4 is 33.5 Å². The van der Waals surface area contributed by atoms with Crippen molar-refractivity contribution in [1.29, 1.82) is 0 Å². The van der Waals surface area contributed by atoms with Gasteiger partial charge in [-0.1, -0.05) is 24.3 Å². The van der Waals surface area contributed by atoms with E-state index in [-0.39, 0.29) is 23.6 Å². The average Bonchev–Trinajstić information content (AvgIpc) is 3.31. The average molecular weight is 499 g/mol. The summed E-state index contributed by atoms with van der Waals surface area (Å²) in [6, 6.07) is 12.5. The standard InChI is InChI=1S/C25H26N2O7S/c1-3-26(19-11-12-35(32,33)15-19)22(28)16(2)34-25(31)18-8-6-7-17(13-18)14-27-23(29)20-9-4-5-10-21(20)24(27)30/h4-10,13,16,19H,3,11-12,14-15H2,1-2H3/t16-,19-/m0/s1. The van der Waals surface area contributed by atoms with E-state index in [4.69, 9.17) is 4.74 Å². The third-order valence-electron chi connectivity index (χ3n) is 6.29. The molecule has 0 aliphatic carbocycles. The summed E-state index contributed by atoms with van der Waals surface area (Å²) in [5.74, 6) is -2.03. The largest absolute Gasteiger partial charge is 0.449 e. The summed E-state index contributed by atoms with van der Waals surface area (Å²) >= 11 is 0. The number of ether oxygens (including phenoxy) is 1. The maximum atomic E-state index is 12.9. The van der Waals surface area contributed by atoms with Gasteiger partial charge < -0.3 is 9.64 Å². The zero-order valence-corrected chi connectivity index (χ0v) is 20.3. The van der Waals surface area contributed by atoms with E-state index in [0.29, 0.717) is 29.7 Å². The van der Waals surface area contributed by atoms with Gasteiger partial charge in [-0.25, -0.2) is 13.2 Å². The van der Waals surface area contributed by atoms with E-state index < -0.39 is 45.7 Å². The lowest BCUT2D eigenvalue weighted by Gasteiger charge is -2.29. The van der Waals surface area contributed by atoms with Gasteiger partial charge in [0, 0.05) is 12.6 Å². The molecular formula is C25H26N2O7S. The Morgan fingerprint density at radius 3 is 2.31 bits per heavy atom. The number of likely N-dealkylation sites (N-methyl/N-ethyl adjacent to an activating group) is 1. The summed E-state index contributed by atoms with van der Waals surface area (Å²) < 4.78 is 29.0. The number of hydrogen-bond acceptors (Lipinski definition) is 7. The summed E-state index contributed by atoms with van der Waals surface area (Å²) in [6.07, 6.45) is -0.742. The number of carbonyl (C=O) groups excluding carboxylic acids is 4. The molecular weight excluding hydrogens is 472 g/mol. The minimum absolute atomic E-state index is 0.0122. The Morgan fingerprint density at radius 2 is 1.74 bits per heavy atom. The molecule has 2 aromatic carbocycles. The third-order valence-corrected chi connectivity index (χ3v) is 8.04. The second-order valence-corrected chi connectivity index (χ2v) is 10.9. The molecule has 184 valence electrons. The monoisotopic (exact) mass is 498 g/mol. The number of imide groups is 1. The number of esters is 1. The van der Waals surface area contributed by atoms with E-state index in [0.717, 1.165) is 4.90 Å². The van der Waals surface area contributed by atoms with Crippen LogP contribution in [0.4, 0.5) is 0 Å². The van der Waals surface area contributed by atoms with Crippen LogP contribution in [0.3, 0.4) is 0 Å². The molecule has 10 heteroatoms. The fraction of sp³-hybridized carbons (Fsp3) is 0.360. The molecule has 2 atom stereocenters. The first kappa shape index (κ1) is 24.6. The maximum Gasteiger partial charge on any atom is 0.338 e. The summed E-state index contributed by atoms with van der Waals surface area (Å²) in [5.41, 5.74) is 1.41. The molecule has 0 saturated carbocycles. The molecule has 9 nitrogen and oxygen atoms in total. The van der Waals surface area contributed by atoms with Crippen LogP contribution in [0.5, 0.6) is 0 Å². The van der Waals surface area contributed by atoms with Crippen molar-refractivity contribution in [3.05, 3.63) is 70.8 Å². The molecule has 2 aromatic rings. The molecule has 0 bridgehead atoms. The van der Waals surface area contributed by atoms with E-state index in [2.05, 4.69) is 0 Å². The van der Waals surface area contributed by atoms with Crippen molar-refractivity contribution in [3.63, 3.8) is 0 Å². The van der Waals surface area contributed by atoms with Crippen LogP contribution in [0.1, 0.15) is 56.9 Å². The molecule has 4 rings (SSSR count). The Morgan fingerprint density at radius 1 is 1.09 bits per heavy atom. The molecule has 35 heavy (non-hydrogen) atoms. The normalized spacial score (nSPS) is 19.4. The lowest BCUT2D eigenvalue weighted by molar-refractivity contribution is -0.141. The Balaban J connectivity index is 1.42. The minimum atomic E-state index is -3.17. The van der Waals surface area contributed by atoms with Gasteiger partial charge in [0.15, 0.2) is 15.9 Å². The first-order valence-corrected chi connectivity index (χ1v) is 13.2. The maximum absolute atomic E-state index is 12.9. The topological polar surface area (TPSA) is 118 Å². The van der Waals surface area contributed by atoms with Crippen molar-refractivity contribution in [2.75, 3.05) is 18.1 Å². The Kier molecular flexibility index (Phi) is 6.75.